The van der Waals surface area contributed by atoms with Crippen LogP contribution in [0, 0.1) is 0 Å². The topological polar surface area (TPSA) is 62.5 Å². The molecule has 0 aliphatic carbocycles. The Kier molecular flexibility index (Phi) is 7.14. The van der Waals surface area contributed by atoms with Crippen molar-refractivity contribution in [1.82, 2.24) is 10.2 Å². The molecule has 0 radical (unpaired) electrons. The smallest absolute Gasteiger partial charge is 0.388 e. The second-order valence-corrected chi connectivity index (χ2v) is 6.22. The summed E-state index contributed by atoms with van der Waals surface area (Å²) in [7, 11) is 1.76. The lowest BCUT2D eigenvalue weighted by atomic mass is 10.1. The molecule has 138 valence electrons. The fourth-order valence-corrected chi connectivity index (χ4v) is 2.44. The molecule has 2 rings (SSSR count). The molecular formula is C20H26N3O3+. The van der Waals surface area contributed by atoms with Crippen molar-refractivity contribution in [1.29, 1.82) is 0 Å². The van der Waals surface area contributed by atoms with Gasteiger partial charge in [0.15, 0.2) is 12.4 Å². The van der Waals surface area contributed by atoms with Crippen LogP contribution >= 0.6 is 0 Å². The molecule has 26 heavy (non-hydrogen) atoms. The SMILES string of the molecule is CCN(C)C(=O)c1cc[n+](COC(=O)N[C@@H](C)Cc2ccccc2)cc1. The number of amides is 2. The van der Waals surface area contributed by atoms with E-state index >= 15 is 0 Å². The minimum Gasteiger partial charge on any atom is -0.388 e. The number of ether oxygens (including phenoxy) is 1. The fourth-order valence-electron chi connectivity index (χ4n) is 2.44. The Labute approximate surface area is 154 Å². The summed E-state index contributed by atoms with van der Waals surface area (Å²) in [4.78, 5) is 25.6. The van der Waals surface area contributed by atoms with E-state index in [1.807, 2.05) is 44.2 Å². The minimum atomic E-state index is -0.466. The second-order valence-electron chi connectivity index (χ2n) is 6.22. The molecule has 0 spiro atoms. The number of aromatic nitrogens is 1. The van der Waals surface area contributed by atoms with Gasteiger partial charge in [0, 0.05) is 31.8 Å². The van der Waals surface area contributed by atoms with Crippen molar-refractivity contribution in [2.75, 3.05) is 13.6 Å². The van der Waals surface area contributed by atoms with E-state index in [2.05, 4.69) is 5.32 Å². The summed E-state index contributed by atoms with van der Waals surface area (Å²) in [5, 5.41) is 2.82. The molecule has 2 amide bonds. The number of hydrogen-bond donors (Lipinski definition) is 1. The molecule has 6 nitrogen and oxygen atoms in total. The Morgan fingerprint density at radius 2 is 1.81 bits per heavy atom. The third kappa shape index (κ3) is 5.88. The molecule has 0 fully saturated rings. The molecule has 0 unspecified atom stereocenters. The van der Waals surface area contributed by atoms with Crippen LogP contribution in [0.2, 0.25) is 0 Å². The molecule has 6 heteroatoms. The summed E-state index contributed by atoms with van der Waals surface area (Å²) >= 11 is 0. The van der Waals surface area contributed by atoms with E-state index in [9.17, 15) is 9.59 Å². The molecule has 0 saturated heterocycles. The average Bonchev–Trinajstić information content (AvgIpc) is 2.66. The summed E-state index contributed by atoms with van der Waals surface area (Å²) in [5.74, 6) is -0.0342. The highest BCUT2D eigenvalue weighted by Crippen LogP contribution is 2.03. The van der Waals surface area contributed by atoms with Crippen molar-refractivity contribution in [2.45, 2.75) is 33.0 Å². The van der Waals surface area contributed by atoms with E-state index in [0.717, 1.165) is 12.0 Å². The Morgan fingerprint density at radius 3 is 2.42 bits per heavy atom. The third-order valence-corrected chi connectivity index (χ3v) is 4.05. The van der Waals surface area contributed by atoms with Crippen molar-refractivity contribution in [3.63, 3.8) is 0 Å². The molecule has 0 aliphatic heterocycles. The first-order valence-corrected chi connectivity index (χ1v) is 8.71. The zero-order chi connectivity index (χ0) is 18.9. The number of benzene rings is 1. The zero-order valence-corrected chi connectivity index (χ0v) is 15.5. The van der Waals surface area contributed by atoms with Crippen LogP contribution in [-0.2, 0) is 17.9 Å². The van der Waals surface area contributed by atoms with E-state index in [1.165, 1.54) is 0 Å². The van der Waals surface area contributed by atoms with Crippen molar-refractivity contribution in [3.05, 3.63) is 66.0 Å². The van der Waals surface area contributed by atoms with Crippen molar-refractivity contribution >= 4 is 12.0 Å². The van der Waals surface area contributed by atoms with Gasteiger partial charge >= 0.3 is 6.09 Å². The largest absolute Gasteiger partial charge is 0.412 e. The van der Waals surface area contributed by atoms with E-state index in [4.69, 9.17) is 4.74 Å². The molecule has 2 aromatic rings. The van der Waals surface area contributed by atoms with Gasteiger partial charge in [0.2, 0.25) is 0 Å². The maximum Gasteiger partial charge on any atom is 0.412 e. The number of nitrogens with one attached hydrogen (secondary N) is 1. The van der Waals surface area contributed by atoms with Gasteiger partial charge in [-0.25, -0.2) is 4.79 Å². The summed E-state index contributed by atoms with van der Waals surface area (Å²) in [6.07, 6.45) is 3.71. The Balaban J connectivity index is 1.79. The normalized spacial score (nSPS) is 11.5. The monoisotopic (exact) mass is 356 g/mol. The van der Waals surface area contributed by atoms with E-state index in [0.29, 0.717) is 12.1 Å². The van der Waals surface area contributed by atoms with E-state index < -0.39 is 6.09 Å². The van der Waals surface area contributed by atoms with Crippen LogP contribution in [0.15, 0.2) is 54.9 Å². The highest BCUT2D eigenvalue weighted by molar-refractivity contribution is 5.93. The van der Waals surface area contributed by atoms with Gasteiger partial charge in [-0.15, -0.1) is 0 Å². The van der Waals surface area contributed by atoms with Crippen LogP contribution in [0.1, 0.15) is 29.8 Å². The predicted octanol–water partition coefficient (Wildman–Crippen LogP) is 2.38. The van der Waals surface area contributed by atoms with Crippen LogP contribution in [0.3, 0.4) is 0 Å². The zero-order valence-electron chi connectivity index (χ0n) is 15.5. The van der Waals surface area contributed by atoms with Crippen LogP contribution in [0.25, 0.3) is 0 Å². The fraction of sp³-hybridized carbons (Fsp3) is 0.350. The van der Waals surface area contributed by atoms with Gasteiger partial charge in [-0.1, -0.05) is 30.3 Å². The highest BCUT2D eigenvalue weighted by atomic mass is 16.6. The lowest BCUT2D eigenvalue weighted by Crippen LogP contribution is -2.40. The molecule has 0 saturated carbocycles. The second kappa shape index (κ2) is 9.56. The number of pyridine rings is 1. The summed E-state index contributed by atoms with van der Waals surface area (Å²) < 4.78 is 6.92. The van der Waals surface area contributed by atoms with E-state index in [-0.39, 0.29) is 18.7 Å². The first kappa shape index (κ1) is 19.4. The van der Waals surface area contributed by atoms with Crippen LogP contribution in [0.4, 0.5) is 4.79 Å². The molecule has 1 N–H and O–H groups in total. The van der Waals surface area contributed by atoms with E-state index in [1.54, 1.807) is 41.0 Å². The van der Waals surface area contributed by atoms with Gasteiger partial charge < -0.3 is 15.0 Å². The quantitative estimate of drug-likeness (QED) is 0.775. The molecule has 1 atom stereocenters. The van der Waals surface area contributed by atoms with Crippen molar-refractivity contribution < 1.29 is 18.9 Å². The number of nitrogens with zero attached hydrogens (tertiary/aromatic N) is 2. The summed E-state index contributed by atoms with van der Waals surface area (Å²) in [6.45, 7) is 4.60. The molecule has 1 aromatic heterocycles. The predicted molar refractivity (Wildman–Crippen MR) is 98.5 cm³/mol. The third-order valence-electron chi connectivity index (χ3n) is 4.05. The molecule has 0 bridgehead atoms. The maximum absolute atomic E-state index is 12.0. The molecule has 0 aliphatic rings. The molecule has 1 heterocycles. The van der Waals surface area contributed by atoms with Gasteiger partial charge in [-0.3, -0.25) is 4.79 Å². The standard InChI is InChI=1S/C20H25N3O3/c1-4-22(3)19(24)18-10-12-23(13-11-18)15-26-20(25)21-16(2)14-17-8-6-5-7-9-17/h5-13,16H,4,14-15H2,1-3H3/p+1/t16-/m0/s1. The number of carbonyl (C=O) groups excluding carboxylic acids is 2. The number of rotatable bonds is 7. The van der Waals surface area contributed by atoms with Gasteiger partial charge in [-0.05, 0) is 25.8 Å². The number of carbonyl (C=O) groups is 2. The van der Waals surface area contributed by atoms with Gasteiger partial charge in [0.1, 0.15) is 0 Å². The van der Waals surface area contributed by atoms with Crippen molar-refractivity contribution in [2.24, 2.45) is 0 Å². The molecule has 1 aromatic carbocycles. The average molecular weight is 356 g/mol. The maximum atomic E-state index is 12.0. The number of alkyl carbamates (subject to hydrolysis) is 1. The lowest BCUT2D eigenvalue weighted by molar-refractivity contribution is -0.727. The summed E-state index contributed by atoms with van der Waals surface area (Å²) in [6, 6.07) is 13.4. The lowest BCUT2D eigenvalue weighted by Gasteiger charge is -2.14. The summed E-state index contributed by atoms with van der Waals surface area (Å²) in [5.41, 5.74) is 1.76. The molecular weight excluding hydrogens is 330 g/mol. The van der Waals surface area contributed by atoms with Crippen LogP contribution in [-0.4, -0.2) is 36.5 Å². The Bertz CT molecular complexity index is 717. The Morgan fingerprint density at radius 1 is 1.15 bits per heavy atom. The minimum absolute atomic E-state index is 0.0283. The van der Waals surface area contributed by atoms with Crippen molar-refractivity contribution in [3.8, 4) is 0 Å². The van der Waals surface area contributed by atoms with Crippen LogP contribution < -0.4 is 9.88 Å². The Hall–Kier alpha value is -2.89. The van der Waals surface area contributed by atoms with Crippen LogP contribution in [0.5, 0.6) is 0 Å². The highest BCUT2D eigenvalue weighted by Gasteiger charge is 2.13. The van der Waals surface area contributed by atoms with Gasteiger partial charge in [0.25, 0.3) is 12.6 Å². The van der Waals surface area contributed by atoms with Gasteiger partial charge in [-0.2, -0.15) is 4.57 Å². The first-order valence-electron chi connectivity index (χ1n) is 8.71. The first-order chi connectivity index (χ1) is 12.5. The van der Waals surface area contributed by atoms with Gasteiger partial charge in [0.05, 0.1) is 5.56 Å². The number of hydrogen-bond acceptors (Lipinski definition) is 3.